The number of likely N-dealkylation sites (tertiary alicyclic amines) is 1. The predicted molar refractivity (Wildman–Crippen MR) is 76.9 cm³/mol. The van der Waals surface area contributed by atoms with Crippen LogP contribution in [0.3, 0.4) is 0 Å². The van der Waals surface area contributed by atoms with Crippen molar-refractivity contribution in [1.82, 2.24) is 14.9 Å². The molecule has 1 amide bonds. The Kier molecular flexibility index (Phi) is 3.36. The van der Waals surface area contributed by atoms with Crippen molar-refractivity contribution in [2.24, 2.45) is 11.7 Å². The molecule has 2 N–H and O–H groups in total. The third kappa shape index (κ3) is 2.49. The fourth-order valence-electron chi connectivity index (χ4n) is 2.69. The van der Waals surface area contributed by atoms with Crippen molar-refractivity contribution in [3.05, 3.63) is 35.7 Å². The highest BCUT2D eigenvalue weighted by Crippen LogP contribution is 2.20. The highest BCUT2D eigenvalue weighted by molar-refractivity contribution is 5.77. The molecule has 1 aromatic carbocycles. The van der Waals surface area contributed by atoms with E-state index >= 15 is 0 Å². The first kappa shape index (κ1) is 13.0. The fourth-order valence-corrected chi connectivity index (χ4v) is 2.69. The van der Waals surface area contributed by atoms with Crippen LogP contribution >= 0.6 is 0 Å². The van der Waals surface area contributed by atoms with Gasteiger partial charge in [0.1, 0.15) is 0 Å². The third-order valence-corrected chi connectivity index (χ3v) is 3.89. The summed E-state index contributed by atoms with van der Waals surface area (Å²) in [6.07, 6.45) is 0.843. The molecule has 104 valence electrons. The quantitative estimate of drug-likeness (QED) is 0.911. The molecule has 3 rings (SSSR count). The number of aryl methyl sites for hydroxylation is 1. The van der Waals surface area contributed by atoms with E-state index in [1.165, 1.54) is 0 Å². The van der Waals surface area contributed by atoms with Crippen LogP contribution in [0.1, 0.15) is 17.8 Å². The summed E-state index contributed by atoms with van der Waals surface area (Å²) in [5.74, 6) is -0.225. The molecule has 1 unspecified atom stereocenters. The minimum atomic E-state index is -0.200. The van der Waals surface area contributed by atoms with Crippen molar-refractivity contribution < 1.29 is 4.79 Å². The number of primary amides is 1. The number of carbonyl (C=O) groups excluding carboxylic acids is 1. The minimum Gasteiger partial charge on any atom is -0.369 e. The second-order valence-electron chi connectivity index (χ2n) is 5.37. The van der Waals surface area contributed by atoms with Gasteiger partial charge in [0.25, 0.3) is 0 Å². The van der Waals surface area contributed by atoms with Gasteiger partial charge in [-0.3, -0.25) is 9.69 Å². The average molecular weight is 270 g/mol. The average Bonchev–Trinajstić information content (AvgIpc) is 2.88. The lowest BCUT2D eigenvalue weighted by Crippen LogP contribution is -2.27. The van der Waals surface area contributed by atoms with Crippen LogP contribution in [0.15, 0.2) is 24.3 Å². The van der Waals surface area contributed by atoms with Crippen molar-refractivity contribution >= 4 is 16.9 Å². The maximum Gasteiger partial charge on any atom is 0.221 e. The van der Waals surface area contributed by atoms with Crippen LogP contribution in [0.5, 0.6) is 0 Å². The summed E-state index contributed by atoms with van der Waals surface area (Å²) in [6, 6.07) is 7.88. The van der Waals surface area contributed by atoms with Gasteiger partial charge in [-0.2, -0.15) is 0 Å². The first-order valence-corrected chi connectivity index (χ1v) is 6.87. The van der Waals surface area contributed by atoms with Gasteiger partial charge in [-0.15, -0.1) is 0 Å². The van der Waals surface area contributed by atoms with E-state index in [2.05, 4.69) is 14.9 Å². The molecule has 1 atom stereocenters. The van der Waals surface area contributed by atoms with E-state index in [0.29, 0.717) is 0 Å². The normalized spacial score (nSPS) is 19.6. The molecule has 1 aromatic heterocycles. The van der Waals surface area contributed by atoms with Gasteiger partial charge >= 0.3 is 0 Å². The van der Waals surface area contributed by atoms with Crippen LogP contribution in [-0.4, -0.2) is 33.9 Å². The Hall–Kier alpha value is -2.01. The van der Waals surface area contributed by atoms with Gasteiger partial charge in [0.05, 0.1) is 28.3 Å². The molecular weight excluding hydrogens is 252 g/mol. The van der Waals surface area contributed by atoms with E-state index in [0.717, 1.165) is 48.5 Å². The standard InChI is InChI=1S/C15H18N4O/c1-10-14(9-19-7-6-11(8-19)15(16)20)18-13-5-3-2-4-12(13)17-10/h2-5,11H,6-9H2,1H3,(H2,16,20). The second kappa shape index (κ2) is 5.17. The lowest BCUT2D eigenvalue weighted by atomic mass is 10.1. The molecule has 0 bridgehead atoms. The van der Waals surface area contributed by atoms with E-state index in [-0.39, 0.29) is 11.8 Å². The SMILES string of the molecule is Cc1nc2ccccc2nc1CN1CCC(C(N)=O)C1. The summed E-state index contributed by atoms with van der Waals surface area (Å²) in [5.41, 5.74) is 9.13. The number of hydrogen-bond donors (Lipinski definition) is 1. The number of fused-ring (bicyclic) bond motifs is 1. The first-order valence-electron chi connectivity index (χ1n) is 6.87. The van der Waals surface area contributed by atoms with Crippen molar-refractivity contribution in [3.63, 3.8) is 0 Å². The van der Waals surface area contributed by atoms with Gasteiger partial charge in [-0.25, -0.2) is 9.97 Å². The molecule has 20 heavy (non-hydrogen) atoms. The van der Waals surface area contributed by atoms with E-state index in [4.69, 9.17) is 5.73 Å². The monoisotopic (exact) mass is 270 g/mol. The number of rotatable bonds is 3. The summed E-state index contributed by atoms with van der Waals surface area (Å²) < 4.78 is 0. The van der Waals surface area contributed by atoms with Crippen molar-refractivity contribution in [1.29, 1.82) is 0 Å². The summed E-state index contributed by atoms with van der Waals surface area (Å²) in [5, 5.41) is 0. The zero-order valence-electron chi connectivity index (χ0n) is 11.5. The van der Waals surface area contributed by atoms with Gasteiger partial charge < -0.3 is 5.73 Å². The fraction of sp³-hybridized carbons (Fsp3) is 0.400. The molecular formula is C15H18N4O. The third-order valence-electron chi connectivity index (χ3n) is 3.89. The summed E-state index contributed by atoms with van der Waals surface area (Å²) in [4.78, 5) is 22.7. The molecule has 1 aliphatic rings. The second-order valence-corrected chi connectivity index (χ2v) is 5.37. The number of nitrogens with two attached hydrogens (primary N) is 1. The number of amides is 1. The number of benzene rings is 1. The molecule has 2 heterocycles. The lowest BCUT2D eigenvalue weighted by molar-refractivity contribution is -0.121. The van der Waals surface area contributed by atoms with Crippen LogP contribution in [0.2, 0.25) is 0 Å². The van der Waals surface area contributed by atoms with Gasteiger partial charge in [0, 0.05) is 13.1 Å². The Morgan fingerprint density at radius 3 is 2.70 bits per heavy atom. The maximum atomic E-state index is 11.2. The van der Waals surface area contributed by atoms with Gasteiger partial charge in [-0.05, 0) is 32.0 Å². The van der Waals surface area contributed by atoms with E-state index < -0.39 is 0 Å². The van der Waals surface area contributed by atoms with E-state index in [9.17, 15) is 4.79 Å². The molecule has 0 radical (unpaired) electrons. The molecule has 0 saturated carbocycles. The summed E-state index contributed by atoms with van der Waals surface area (Å²) in [6.45, 7) is 4.33. The highest BCUT2D eigenvalue weighted by Gasteiger charge is 2.27. The van der Waals surface area contributed by atoms with Crippen LogP contribution < -0.4 is 5.73 Å². The number of nitrogens with zero attached hydrogens (tertiary/aromatic N) is 3. The Morgan fingerprint density at radius 2 is 2.05 bits per heavy atom. The molecule has 1 saturated heterocycles. The minimum absolute atomic E-state index is 0.0243. The lowest BCUT2D eigenvalue weighted by Gasteiger charge is -2.16. The molecule has 1 fully saturated rings. The van der Waals surface area contributed by atoms with Crippen molar-refractivity contribution in [3.8, 4) is 0 Å². The number of aromatic nitrogens is 2. The number of hydrogen-bond acceptors (Lipinski definition) is 4. The first-order chi connectivity index (χ1) is 9.63. The molecule has 1 aliphatic heterocycles. The number of carbonyl (C=O) groups is 1. The van der Waals surface area contributed by atoms with Crippen LogP contribution in [0, 0.1) is 12.8 Å². The zero-order chi connectivity index (χ0) is 14.1. The Labute approximate surface area is 117 Å². The zero-order valence-corrected chi connectivity index (χ0v) is 11.5. The van der Waals surface area contributed by atoms with Gasteiger partial charge in [-0.1, -0.05) is 12.1 Å². The highest BCUT2D eigenvalue weighted by atomic mass is 16.1. The predicted octanol–water partition coefficient (Wildman–Crippen LogP) is 1.25. The molecule has 2 aromatic rings. The molecule has 5 heteroatoms. The topological polar surface area (TPSA) is 72.1 Å². The Morgan fingerprint density at radius 1 is 1.35 bits per heavy atom. The molecule has 0 aliphatic carbocycles. The van der Waals surface area contributed by atoms with Gasteiger partial charge in [0.15, 0.2) is 0 Å². The van der Waals surface area contributed by atoms with Gasteiger partial charge in [0.2, 0.25) is 5.91 Å². The van der Waals surface area contributed by atoms with Crippen LogP contribution in [0.4, 0.5) is 0 Å². The van der Waals surface area contributed by atoms with E-state index in [1.807, 2.05) is 31.2 Å². The number of para-hydroxylation sites is 2. The summed E-state index contributed by atoms with van der Waals surface area (Å²) in [7, 11) is 0. The smallest absolute Gasteiger partial charge is 0.221 e. The Bertz CT molecular complexity index is 655. The van der Waals surface area contributed by atoms with Crippen molar-refractivity contribution in [2.75, 3.05) is 13.1 Å². The van der Waals surface area contributed by atoms with Crippen molar-refractivity contribution in [2.45, 2.75) is 19.9 Å². The largest absolute Gasteiger partial charge is 0.369 e. The maximum absolute atomic E-state index is 11.2. The molecule has 5 nitrogen and oxygen atoms in total. The summed E-state index contributed by atoms with van der Waals surface area (Å²) >= 11 is 0. The van der Waals surface area contributed by atoms with Crippen LogP contribution in [-0.2, 0) is 11.3 Å². The molecule has 0 spiro atoms. The van der Waals surface area contributed by atoms with Crippen LogP contribution in [0.25, 0.3) is 11.0 Å². The van der Waals surface area contributed by atoms with E-state index in [1.54, 1.807) is 0 Å². The Balaban J connectivity index is 1.81.